The third-order valence-electron chi connectivity index (χ3n) is 3.78. The molecule has 0 saturated heterocycles. The van der Waals surface area contributed by atoms with Gasteiger partial charge in [0.25, 0.3) is 0 Å². The number of anilines is 1. The van der Waals surface area contributed by atoms with Gasteiger partial charge in [-0.05, 0) is 31.0 Å². The zero-order valence-electron chi connectivity index (χ0n) is 12.1. The van der Waals surface area contributed by atoms with Crippen molar-refractivity contribution in [3.63, 3.8) is 0 Å². The maximum absolute atomic E-state index is 12.4. The van der Waals surface area contributed by atoms with Crippen LogP contribution in [0.4, 0.5) is 5.69 Å². The van der Waals surface area contributed by atoms with Crippen LogP contribution < -0.4 is 11.1 Å². The zero-order valence-corrected chi connectivity index (χ0v) is 12.9. The third kappa shape index (κ3) is 4.77. The van der Waals surface area contributed by atoms with Crippen LogP contribution in [-0.2, 0) is 4.79 Å². The first-order chi connectivity index (χ1) is 10.2. The van der Waals surface area contributed by atoms with E-state index in [1.807, 2.05) is 6.07 Å². The molecule has 1 amide bonds. The van der Waals surface area contributed by atoms with E-state index in [9.17, 15) is 4.79 Å². The van der Waals surface area contributed by atoms with Crippen LogP contribution in [0, 0.1) is 17.8 Å². The Balaban J connectivity index is 2.08. The second kappa shape index (κ2) is 8.07. The van der Waals surface area contributed by atoms with Crippen molar-refractivity contribution >= 4 is 23.2 Å². The molecule has 0 heterocycles. The molecular weight excluding hydrogens is 284 g/mol. The number of nitrogens with two attached hydrogens (primary N) is 1. The second-order valence-corrected chi connectivity index (χ2v) is 5.79. The van der Waals surface area contributed by atoms with E-state index < -0.39 is 0 Å². The fraction of sp³-hybridized carbons (Fsp3) is 0.471. The van der Waals surface area contributed by atoms with E-state index >= 15 is 0 Å². The highest BCUT2D eigenvalue weighted by Gasteiger charge is 2.20. The van der Waals surface area contributed by atoms with E-state index in [-0.39, 0.29) is 11.8 Å². The summed E-state index contributed by atoms with van der Waals surface area (Å²) in [5.74, 6) is 5.92. The fourth-order valence-corrected chi connectivity index (χ4v) is 2.79. The minimum absolute atomic E-state index is 0.0720. The van der Waals surface area contributed by atoms with Crippen molar-refractivity contribution in [2.75, 3.05) is 11.9 Å². The summed E-state index contributed by atoms with van der Waals surface area (Å²) >= 11 is 6.16. The molecule has 1 fully saturated rings. The lowest BCUT2D eigenvalue weighted by atomic mass is 9.99. The fourth-order valence-electron chi connectivity index (χ4n) is 2.63. The summed E-state index contributed by atoms with van der Waals surface area (Å²) in [6.07, 6.45) is 6.66. The molecule has 4 heteroatoms. The van der Waals surface area contributed by atoms with Crippen LogP contribution in [0.25, 0.3) is 0 Å². The molecule has 1 aliphatic rings. The molecule has 1 saturated carbocycles. The van der Waals surface area contributed by atoms with Gasteiger partial charge in [0.1, 0.15) is 0 Å². The van der Waals surface area contributed by atoms with Crippen LogP contribution >= 0.6 is 11.6 Å². The van der Waals surface area contributed by atoms with Crippen molar-refractivity contribution in [2.45, 2.75) is 38.5 Å². The predicted molar refractivity (Wildman–Crippen MR) is 87.2 cm³/mol. The van der Waals surface area contributed by atoms with Gasteiger partial charge in [-0.2, -0.15) is 0 Å². The van der Waals surface area contributed by atoms with Gasteiger partial charge in [0, 0.05) is 11.5 Å². The Hall–Kier alpha value is -1.50. The number of carbonyl (C=O) groups is 1. The molecule has 0 aromatic heterocycles. The van der Waals surface area contributed by atoms with Crippen molar-refractivity contribution in [3.8, 4) is 11.8 Å². The Kier molecular flexibility index (Phi) is 6.10. The topological polar surface area (TPSA) is 55.1 Å². The van der Waals surface area contributed by atoms with E-state index in [1.165, 1.54) is 12.8 Å². The molecule has 1 aromatic rings. The SMILES string of the molecule is NCC#Cc1ccc(Cl)c(NC(=O)C2CCCCCC2)c1. The number of benzene rings is 1. The lowest BCUT2D eigenvalue weighted by Crippen LogP contribution is -2.22. The Labute approximate surface area is 131 Å². The molecule has 0 atom stereocenters. The summed E-state index contributed by atoms with van der Waals surface area (Å²) in [4.78, 5) is 12.4. The van der Waals surface area contributed by atoms with Gasteiger partial charge in [0.05, 0.1) is 17.3 Å². The lowest BCUT2D eigenvalue weighted by molar-refractivity contribution is -0.120. The maximum Gasteiger partial charge on any atom is 0.227 e. The van der Waals surface area contributed by atoms with Crippen molar-refractivity contribution < 1.29 is 4.79 Å². The van der Waals surface area contributed by atoms with Crippen LogP contribution in [0.15, 0.2) is 18.2 Å². The number of amides is 1. The van der Waals surface area contributed by atoms with Crippen LogP contribution in [0.3, 0.4) is 0 Å². The van der Waals surface area contributed by atoms with Gasteiger partial charge in [-0.3, -0.25) is 4.79 Å². The van der Waals surface area contributed by atoms with Gasteiger partial charge in [0.15, 0.2) is 0 Å². The Bertz CT molecular complexity index is 552. The summed E-state index contributed by atoms with van der Waals surface area (Å²) < 4.78 is 0. The first kappa shape index (κ1) is 15.9. The molecule has 1 aliphatic carbocycles. The Morgan fingerprint density at radius 2 is 2.00 bits per heavy atom. The molecule has 3 N–H and O–H groups in total. The van der Waals surface area contributed by atoms with Crippen LogP contribution in [-0.4, -0.2) is 12.5 Å². The first-order valence-electron chi connectivity index (χ1n) is 7.50. The Morgan fingerprint density at radius 1 is 1.29 bits per heavy atom. The van der Waals surface area contributed by atoms with E-state index in [0.717, 1.165) is 31.2 Å². The summed E-state index contributed by atoms with van der Waals surface area (Å²) in [6, 6.07) is 5.39. The molecule has 0 aliphatic heterocycles. The number of nitrogens with one attached hydrogen (secondary N) is 1. The quantitative estimate of drug-likeness (QED) is 0.648. The third-order valence-corrected chi connectivity index (χ3v) is 4.11. The minimum atomic E-state index is 0.0720. The van der Waals surface area contributed by atoms with Gasteiger partial charge in [-0.1, -0.05) is 49.1 Å². The molecule has 0 radical (unpaired) electrons. The molecule has 2 rings (SSSR count). The predicted octanol–water partition coefficient (Wildman–Crippen LogP) is 3.56. The molecule has 0 spiro atoms. The zero-order chi connectivity index (χ0) is 15.1. The monoisotopic (exact) mass is 304 g/mol. The average Bonchev–Trinajstić information content (AvgIpc) is 2.77. The molecule has 3 nitrogen and oxygen atoms in total. The molecule has 0 bridgehead atoms. The van der Waals surface area contributed by atoms with E-state index in [4.69, 9.17) is 17.3 Å². The van der Waals surface area contributed by atoms with Gasteiger partial charge in [-0.15, -0.1) is 0 Å². The number of rotatable bonds is 2. The molecule has 1 aromatic carbocycles. The summed E-state index contributed by atoms with van der Waals surface area (Å²) in [5.41, 5.74) is 6.81. The highest BCUT2D eigenvalue weighted by molar-refractivity contribution is 6.33. The van der Waals surface area contributed by atoms with Gasteiger partial charge in [0.2, 0.25) is 5.91 Å². The van der Waals surface area contributed by atoms with Crippen LogP contribution in [0.1, 0.15) is 44.1 Å². The van der Waals surface area contributed by atoms with E-state index in [2.05, 4.69) is 17.2 Å². The maximum atomic E-state index is 12.4. The number of hydrogen-bond acceptors (Lipinski definition) is 2. The summed E-state index contributed by atoms with van der Waals surface area (Å²) in [6.45, 7) is 0.312. The molecule has 112 valence electrons. The highest BCUT2D eigenvalue weighted by atomic mass is 35.5. The first-order valence-corrected chi connectivity index (χ1v) is 7.88. The minimum Gasteiger partial charge on any atom is -0.324 e. The normalized spacial score (nSPS) is 15.7. The molecular formula is C17H21ClN2O. The molecule has 21 heavy (non-hydrogen) atoms. The van der Waals surface area contributed by atoms with Gasteiger partial charge < -0.3 is 11.1 Å². The van der Waals surface area contributed by atoms with Crippen LogP contribution in [0.2, 0.25) is 5.02 Å². The van der Waals surface area contributed by atoms with Gasteiger partial charge >= 0.3 is 0 Å². The summed E-state index contributed by atoms with van der Waals surface area (Å²) in [5, 5.41) is 3.49. The number of carbonyl (C=O) groups excluding carboxylic acids is 1. The highest BCUT2D eigenvalue weighted by Crippen LogP contribution is 2.27. The Morgan fingerprint density at radius 3 is 2.67 bits per heavy atom. The van der Waals surface area contributed by atoms with Gasteiger partial charge in [-0.25, -0.2) is 0 Å². The van der Waals surface area contributed by atoms with Crippen LogP contribution in [0.5, 0.6) is 0 Å². The van der Waals surface area contributed by atoms with E-state index in [1.54, 1.807) is 12.1 Å². The number of hydrogen-bond donors (Lipinski definition) is 2. The largest absolute Gasteiger partial charge is 0.324 e. The van der Waals surface area contributed by atoms with Crippen molar-refractivity contribution in [3.05, 3.63) is 28.8 Å². The molecule has 0 unspecified atom stereocenters. The number of halogens is 1. The second-order valence-electron chi connectivity index (χ2n) is 5.38. The van der Waals surface area contributed by atoms with Crippen molar-refractivity contribution in [1.82, 2.24) is 0 Å². The average molecular weight is 305 g/mol. The van der Waals surface area contributed by atoms with E-state index in [0.29, 0.717) is 17.3 Å². The standard InChI is InChI=1S/C17H21ClN2O/c18-15-10-9-13(6-5-11-19)12-16(15)20-17(21)14-7-3-1-2-4-8-14/h9-10,12,14H,1-4,7-8,11,19H2,(H,20,21). The smallest absolute Gasteiger partial charge is 0.227 e. The summed E-state index contributed by atoms with van der Waals surface area (Å²) in [7, 11) is 0. The van der Waals surface area contributed by atoms with Crippen molar-refractivity contribution in [2.24, 2.45) is 11.7 Å². The lowest BCUT2D eigenvalue weighted by Gasteiger charge is -2.15. The van der Waals surface area contributed by atoms with Crippen molar-refractivity contribution in [1.29, 1.82) is 0 Å².